The lowest BCUT2D eigenvalue weighted by Crippen LogP contribution is -2.26. The molecular weight excluding hydrogens is 178 g/mol. The number of hydrogen-bond donors (Lipinski definition) is 2. The summed E-state index contributed by atoms with van der Waals surface area (Å²) in [6.45, 7) is 3.76. The van der Waals surface area contributed by atoms with Crippen molar-refractivity contribution in [2.75, 3.05) is 13.2 Å². The fraction of sp³-hybridized carbons (Fsp3) is 0.455. The summed E-state index contributed by atoms with van der Waals surface area (Å²) < 4.78 is 5.48. The van der Waals surface area contributed by atoms with Gasteiger partial charge in [0.05, 0.1) is 6.61 Å². The highest BCUT2D eigenvalue weighted by Crippen LogP contribution is 2.34. The van der Waals surface area contributed by atoms with Crippen molar-refractivity contribution < 1.29 is 9.84 Å². The first-order valence-electron chi connectivity index (χ1n) is 5.00. The maximum absolute atomic E-state index is 9.30. The summed E-state index contributed by atoms with van der Waals surface area (Å²) in [5, 5.41) is 12.7. The average Bonchev–Trinajstić information content (AvgIpc) is 2.18. The van der Waals surface area contributed by atoms with Crippen molar-refractivity contribution in [1.29, 1.82) is 0 Å². The first-order valence-corrected chi connectivity index (χ1v) is 5.00. The molecule has 1 aromatic carbocycles. The zero-order valence-electron chi connectivity index (χ0n) is 8.29. The normalized spacial score (nSPS) is 19.9. The molecule has 0 saturated carbocycles. The van der Waals surface area contributed by atoms with Gasteiger partial charge in [0.2, 0.25) is 0 Å². The SMILES string of the molecule is CCNC1CCOc2cc(O)ccc21. The number of hydrogen-bond acceptors (Lipinski definition) is 3. The number of nitrogens with one attached hydrogen (secondary N) is 1. The van der Waals surface area contributed by atoms with Gasteiger partial charge >= 0.3 is 0 Å². The van der Waals surface area contributed by atoms with Crippen LogP contribution in [0.4, 0.5) is 0 Å². The Morgan fingerprint density at radius 2 is 2.43 bits per heavy atom. The maximum Gasteiger partial charge on any atom is 0.127 e. The molecule has 0 aliphatic carbocycles. The van der Waals surface area contributed by atoms with Crippen LogP contribution >= 0.6 is 0 Å². The molecule has 76 valence electrons. The molecular formula is C11H15NO2. The van der Waals surface area contributed by atoms with Crippen molar-refractivity contribution in [2.24, 2.45) is 0 Å². The minimum atomic E-state index is 0.265. The third-order valence-corrected chi connectivity index (χ3v) is 2.49. The molecule has 0 saturated heterocycles. The van der Waals surface area contributed by atoms with Crippen LogP contribution in [0.3, 0.4) is 0 Å². The van der Waals surface area contributed by atoms with Crippen LogP contribution in [0.25, 0.3) is 0 Å². The van der Waals surface area contributed by atoms with E-state index < -0.39 is 0 Å². The van der Waals surface area contributed by atoms with Gasteiger partial charge in [0.15, 0.2) is 0 Å². The van der Waals surface area contributed by atoms with E-state index in [2.05, 4.69) is 12.2 Å². The molecule has 0 aromatic heterocycles. The van der Waals surface area contributed by atoms with Crippen molar-refractivity contribution in [3.63, 3.8) is 0 Å². The van der Waals surface area contributed by atoms with Crippen LogP contribution in [-0.4, -0.2) is 18.3 Å². The molecule has 1 aliphatic heterocycles. The van der Waals surface area contributed by atoms with E-state index >= 15 is 0 Å². The standard InChI is InChI=1S/C11H15NO2/c1-2-12-10-5-6-14-11-7-8(13)3-4-9(10)11/h3-4,7,10,12-13H,2,5-6H2,1H3. The largest absolute Gasteiger partial charge is 0.508 e. The lowest BCUT2D eigenvalue weighted by atomic mass is 10.0. The minimum Gasteiger partial charge on any atom is -0.508 e. The van der Waals surface area contributed by atoms with Gasteiger partial charge in [0.1, 0.15) is 11.5 Å². The number of aromatic hydroxyl groups is 1. The number of fused-ring (bicyclic) bond motifs is 1. The lowest BCUT2D eigenvalue weighted by molar-refractivity contribution is 0.253. The molecule has 3 heteroatoms. The number of ether oxygens (including phenoxy) is 1. The molecule has 0 amide bonds. The third kappa shape index (κ3) is 1.68. The molecule has 3 nitrogen and oxygen atoms in total. The summed E-state index contributed by atoms with van der Waals surface area (Å²) in [4.78, 5) is 0. The summed E-state index contributed by atoms with van der Waals surface area (Å²) in [7, 11) is 0. The molecule has 2 N–H and O–H groups in total. The highest BCUT2D eigenvalue weighted by Gasteiger charge is 2.20. The number of phenols is 1. The summed E-state index contributed by atoms with van der Waals surface area (Å²) in [5.74, 6) is 1.07. The first-order chi connectivity index (χ1) is 6.81. The van der Waals surface area contributed by atoms with Crippen LogP contribution < -0.4 is 10.1 Å². The Hall–Kier alpha value is -1.22. The summed E-state index contributed by atoms with van der Waals surface area (Å²) in [6, 6.07) is 5.68. The minimum absolute atomic E-state index is 0.265. The molecule has 2 rings (SSSR count). The molecule has 0 fully saturated rings. The van der Waals surface area contributed by atoms with Gasteiger partial charge < -0.3 is 15.2 Å². The second kappa shape index (κ2) is 3.88. The fourth-order valence-corrected chi connectivity index (χ4v) is 1.84. The Labute approximate surface area is 83.7 Å². The monoisotopic (exact) mass is 193 g/mol. The van der Waals surface area contributed by atoms with Crippen molar-refractivity contribution in [3.8, 4) is 11.5 Å². The number of phenolic OH excluding ortho intramolecular Hbond substituents is 1. The van der Waals surface area contributed by atoms with Gasteiger partial charge in [0.25, 0.3) is 0 Å². The molecule has 1 unspecified atom stereocenters. The Morgan fingerprint density at radius 1 is 1.57 bits per heavy atom. The van der Waals surface area contributed by atoms with Crippen LogP contribution in [0.1, 0.15) is 24.9 Å². The van der Waals surface area contributed by atoms with E-state index in [0.717, 1.165) is 24.3 Å². The van der Waals surface area contributed by atoms with E-state index in [4.69, 9.17) is 4.74 Å². The van der Waals surface area contributed by atoms with Gasteiger partial charge in [0, 0.05) is 24.1 Å². The second-order valence-corrected chi connectivity index (χ2v) is 3.47. The van der Waals surface area contributed by atoms with E-state index in [1.54, 1.807) is 12.1 Å². The summed E-state index contributed by atoms with van der Waals surface area (Å²) in [5.41, 5.74) is 1.15. The van der Waals surface area contributed by atoms with Gasteiger partial charge in [-0.05, 0) is 12.6 Å². The summed E-state index contributed by atoms with van der Waals surface area (Å²) >= 11 is 0. The van der Waals surface area contributed by atoms with Gasteiger partial charge in [-0.15, -0.1) is 0 Å². The fourth-order valence-electron chi connectivity index (χ4n) is 1.84. The average molecular weight is 193 g/mol. The Bertz CT molecular complexity index is 325. The van der Waals surface area contributed by atoms with Crippen LogP contribution in [-0.2, 0) is 0 Å². The number of rotatable bonds is 2. The second-order valence-electron chi connectivity index (χ2n) is 3.47. The van der Waals surface area contributed by atoms with Crippen molar-refractivity contribution in [3.05, 3.63) is 23.8 Å². The zero-order chi connectivity index (χ0) is 9.97. The topological polar surface area (TPSA) is 41.5 Å². The Kier molecular flexibility index (Phi) is 2.59. The molecule has 0 radical (unpaired) electrons. The van der Waals surface area contributed by atoms with Crippen LogP contribution in [0, 0.1) is 0 Å². The molecule has 1 aromatic rings. The van der Waals surface area contributed by atoms with E-state index in [-0.39, 0.29) is 5.75 Å². The molecule has 0 spiro atoms. The van der Waals surface area contributed by atoms with Crippen LogP contribution in [0.15, 0.2) is 18.2 Å². The number of benzene rings is 1. The summed E-state index contributed by atoms with van der Waals surface area (Å²) in [6.07, 6.45) is 0.992. The van der Waals surface area contributed by atoms with Gasteiger partial charge in [-0.3, -0.25) is 0 Å². The van der Waals surface area contributed by atoms with Crippen LogP contribution in [0.2, 0.25) is 0 Å². The molecule has 1 aliphatic rings. The molecule has 14 heavy (non-hydrogen) atoms. The smallest absolute Gasteiger partial charge is 0.127 e. The lowest BCUT2D eigenvalue weighted by Gasteiger charge is -2.26. The highest BCUT2D eigenvalue weighted by molar-refractivity contribution is 5.42. The molecule has 1 heterocycles. The van der Waals surface area contributed by atoms with Crippen LogP contribution in [0.5, 0.6) is 11.5 Å². The molecule has 1 atom stereocenters. The van der Waals surface area contributed by atoms with E-state index in [0.29, 0.717) is 12.6 Å². The quantitative estimate of drug-likeness (QED) is 0.752. The third-order valence-electron chi connectivity index (χ3n) is 2.49. The van der Waals surface area contributed by atoms with Crippen molar-refractivity contribution in [2.45, 2.75) is 19.4 Å². The Balaban J connectivity index is 2.30. The maximum atomic E-state index is 9.30. The predicted octanol–water partition coefficient (Wildman–Crippen LogP) is 1.83. The van der Waals surface area contributed by atoms with Crippen molar-refractivity contribution >= 4 is 0 Å². The highest BCUT2D eigenvalue weighted by atomic mass is 16.5. The Morgan fingerprint density at radius 3 is 3.21 bits per heavy atom. The van der Waals surface area contributed by atoms with Gasteiger partial charge in [-0.25, -0.2) is 0 Å². The predicted molar refractivity (Wildman–Crippen MR) is 54.6 cm³/mol. The van der Waals surface area contributed by atoms with E-state index in [1.807, 2.05) is 6.07 Å². The van der Waals surface area contributed by atoms with Gasteiger partial charge in [-0.1, -0.05) is 13.0 Å². The van der Waals surface area contributed by atoms with Gasteiger partial charge in [-0.2, -0.15) is 0 Å². The first kappa shape index (κ1) is 9.34. The van der Waals surface area contributed by atoms with Crippen molar-refractivity contribution in [1.82, 2.24) is 5.32 Å². The molecule has 0 bridgehead atoms. The zero-order valence-corrected chi connectivity index (χ0v) is 8.29. The van der Waals surface area contributed by atoms with E-state index in [1.165, 1.54) is 0 Å². The van der Waals surface area contributed by atoms with E-state index in [9.17, 15) is 5.11 Å².